The number of amides is 1. The number of alkyl halides is 2. The summed E-state index contributed by atoms with van der Waals surface area (Å²) in [5, 5.41) is 7.99. The number of pyridine rings is 1. The summed E-state index contributed by atoms with van der Waals surface area (Å²) in [5.74, 6) is -0.0684. The van der Waals surface area contributed by atoms with Gasteiger partial charge in [-0.05, 0) is 37.5 Å². The van der Waals surface area contributed by atoms with Crippen LogP contribution in [0.25, 0.3) is 11.0 Å². The molecular weight excluding hydrogens is 386 g/mol. The molecule has 0 unspecified atom stereocenters. The average Bonchev–Trinajstić information content (AvgIpc) is 3.46. The molecule has 1 fully saturated rings. The lowest BCUT2D eigenvalue weighted by Gasteiger charge is -2.09. The molecule has 5 nitrogen and oxygen atoms in total. The largest absolute Gasteiger partial charge is 0.350 e. The van der Waals surface area contributed by atoms with Gasteiger partial charge < -0.3 is 5.32 Å². The Morgan fingerprint density at radius 1 is 1.36 bits per heavy atom. The number of rotatable bonds is 6. The van der Waals surface area contributed by atoms with Crippen molar-refractivity contribution in [2.75, 3.05) is 0 Å². The van der Waals surface area contributed by atoms with Crippen molar-refractivity contribution in [2.24, 2.45) is 0 Å². The minimum atomic E-state index is -2.62. The third-order valence-electron chi connectivity index (χ3n) is 4.89. The number of aryl methyl sites for hydroxylation is 1. The zero-order valence-electron chi connectivity index (χ0n) is 15.3. The third-order valence-corrected chi connectivity index (χ3v) is 5.25. The minimum Gasteiger partial charge on any atom is -0.350 e. The summed E-state index contributed by atoms with van der Waals surface area (Å²) in [6, 6.07) is 8.72. The Balaban J connectivity index is 1.60. The normalized spacial score (nSPS) is 14.0. The van der Waals surface area contributed by atoms with Crippen molar-refractivity contribution < 1.29 is 13.6 Å². The molecular formula is C20H19ClF2N4O. The van der Waals surface area contributed by atoms with E-state index in [4.69, 9.17) is 11.6 Å². The molecule has 2 aromatic heterocycles. The summed E-state index contributed by atoms with van der Waals surface area (Å²) in [4.78, 5) is 17.0. The summed E-state index contributed by atoms with van der Waals surface area (Å²) >= 11 is 6.10. The van der Waals surface area contributed by atoms with E-state index in [0.717, 1.165) is 18.4 Å². The van der Waals surface area contributed by atoms with Gasteiger partial charge in [-0.15, -0.1) is 0 Å². The fourth-order valence-electron chi connectivity index (χ4n) is 3.31. The standard InChI is InChI=1S/C20H19ClF2N4O/c1-11-18-14(19(22)23)8-16(12-6-7-12)25-20(18)27(26-11)10-17(28)24-9-13-4-2-3-5-15(13)21/h2-5,8,12,19H,6-7,9-10H2,1H3,(H,24,28). The maximum Gasteiger partial charge on any atom is 0.264 e. The maximum absolute atomic E-state index is 13.6. The molecule has 2 heterocycles. The highest BCUT2D eigenvalue weighted by Crippen LogP contribution is 2.41. The summed E-state index contributed by atoms with van der Waals surface area (Å²) in [6.45, 7) is 1.84. The number of hydrogen-bond acceptors (Lipinski definition) is 3. The first-order valence-electron chi connectivity index (χ1n) is 9.10. The Labute approximate surface area is 165 Å². The molecule has 1 aliphatic rings. The van der Waals surface area contributed by atoms with E-state index in [1.165, 1.54) is 10.7 Å². The summed E-state index contributed by atoms with van der Waals surface area (Å²) in [7, 11) is 0. The first-order valence-corrected chi connectivity index (χ1v) is 9.48. The Hall–Kier alpha value is -2.54. The van der Waals surface area contributed by atoms with Gasteiger partial charge >= 0.3 is 0 Å². The van der Waals surface area contributed by atoms with E-state index in [9.17, 15) is 13.6 Å². The highest BCUT2D eigenvalue weighted by Gasteiger charge is 2.29. The van der Waals surface area contributed by atoms with Gasteiger partial charge in [-0.1, -0.05) is 29.8 Å². The molecule has 1 saturated carbocycles. The van der Waals surface area contributed by atoms with E-state index < -0.39 is 6.43 Å². The molecule has 4 rings (SSSR count). The van der Waals surface area contributed by atoms with E-state index in [0.29, 0.717) is 27.4 Å². The van der Waals surface area contributed by atoms with Crippen molar-refractivity contribution in [2.45, 2.75) is 45.2 Å². The number of halogens is 3. The van der Waals surface area contributed by atoms with Crippen LogP contribution >= 0.6 is 11.6 Å². The van der Waals surface area contributed by atoms with Crippen LogP contribution in [0.2, 0.25) is 5.02 Å². The van der Waals surface area contributed by atoms with Crippen LogP contribution < -0.4 is 5.32 Å². The van der Waals surface area contributed by atoms with E-state index in [-0.39, 0.29) is 30.5 Å². The van der Waals surface area contributed by atoms with Crippen molar-refractivity contribution in [1.29, 1.82) is 0 Å². The van der Waals surface area contributed by atoms with Crippen LogP contribution in [0.3, 0.4) is 0 Å². The molecule has 0 bridgehead atoms. The molecule has 1 amide bonds. The quantitative estimate of drug-likeness (QED) is 0.656. The molecule has 28 heavy (non-hydrogen) atoms. The molecule has 3 aromatic rings. The van der Waals surface area contributed by atoms with Gasteiger partial charge in [0.25, 0.3) is 6.43 Å². The molecule has 1 aromatic carbocycles. The topological polar surface area (TPSA) is 59.8 Å². The van der Waals surface area contributed by atoms with Crippen LogP contribution in [0.15, 0.2) is 30.3 Å². The second-order valence-electron chi connectivity index (χ2n) is 7.02. The smallest absolute Gasteiger partial charge is 0.264 e. The summed E-state index contributed by atoms with van der Waals surface area (Å²) < 4.78 is 28.6. The van der Waals surface area contributed by atoms with Gasteiger partial charge in [0, 0.05) is 28.7 Å². The Bertz CT molecular complexity index is 1050. The van der Waals surface area contributed by atoms with Crippen LogP contribution in [0.5, 0.6) is 0 Å². The molecule has 8 heteroatoms. The van der Waals surface area contributed by atoms with Crippen molar-refractivity contribution in [1.82, 2.24) is 20.1 Å². The fraction of sp³-hybridized carbons (Fsp3) is 0.350. The number of nitrogens with zero attached hydrogens (tertiary/aromatic N) is 3. The van der Waals surface area contributed by atoms with Gasteiger partial charge in [0.05, 0.1) is 11.1 Å². The number of hydrogen-bond donors (Lipinski definition) is 1. The highest BCUT2D eigenvalue weighted by molar-refractivity contribution is 6.31. The van der Waals surface area contributed by atoms with Crippen LogP contribution in [-0.4, -0.2) is 20.7 Å². The maximum atomic E-state index is 13.6. The second-order valence-corrected chi connectivity index (χ2v) is 7.43. The Morgan fingerprint density at radius 2 is 2.11 bits per heavy atom. The fourth-order valence-corrected chi connectivity index (χ4v) is 3.51. The summed E-state index contributed by atoms with van der Waals surface area (Å²) in [6.07, 6.45) is -0.715. The second kappa shape index (κ2) is 7.47. The Kier molecular flexibility index (Phi) is 5.02. The van der Waals surface area contributed by atoms with Crippen molar-refractivity contribution in [3.05, 3.63) is 57.9 Å². The number of benzene rings is 1. The van der Waals surface area contributed by atoms with Gasteiger partial charge in [0.1, 0.15) is 6.54 Å². The lowest BCUT2D eigenvalue weighted by atomic mass is 10.1. The van der Waals surface area contributed by atoms with E-state index >= 15 is 0 Å². The van der Waals surface area contributed by atoms with Gasteiger partial charge in [-0.2, -0.15) is 5.10 Å². The first-order chi connectivity index (χ1) is 13.4. The molecule has 1 aliphatic carbocycles. The predicted octanol–water partition coefficient (Wildman–Crippen LogP) is 4.52. The van der Waals surface area contributed by atoms with Crippen LogP contribution in [-0.2, 0) is 17.9 Å². The van der Waals surface area contributed by atoms with E-state index in [2.05, 4.69) is 15.4 Å². The SMILES string of the molecule is Cc1nn(CC(=O)NCc2ccccc2Cl)c2nc(C3CC3)cc(C(F)F)c12. The molecule has 0 aliphatic heterocycles. The van der Waals surface area contributed by atoms with Gasteiger partial charge in [0.15, 0.2) is 5.65 Å². The number of nitrogens with one attached hydrogen (secondary N) is 1. The molecule has 146 valence electrons. The van der Waals surface area contributed by atoms with Gasteiger partial charge in [-0.25, -0.2) is 18.4 Å². The van der Waals surface area contributed by atoms with Crippen LogP contribution in [0.4, 0.5) is 8.78 Å². The molecule has 0 saturated heterocycles. The molecule has 0 spiro atoms. The molecule has 0 radical (unpaired) electrons. The zero-order valence-corrected chi connectivity index (χ0v) is 16.0. The predicted molar refractivity (Wildman–Crippen MR) is 102 cm³/mol. The number of aromatic nitrogens is 3. The van der Waals surface area contributed by atoms with E-state index in [1.807, 2.05) is 18.2 Å². The molecule has 0 atom stereocenters. The van der Waals surface area contributed by atoms with Crippen molar-refractivity contribution in [3.8, 4) is 0 Å². The number of carbonyl (C=O) groups excluding carboxylic acids is 1. The Morgan fingerprint density at radius 3 is 2.79 bits per heavy atom. The monoisotopic (exact) mass is 404 g/mol. The minimum absolute atomic E-state index is 0.0628. The summed E-state index contributed by atoms with van der Waals surface area (Å²) in [5.41, 5.74) is 2.17. The lowest BCUT2D eigenvalue weighted by molar-refractivity contribution is -0.121. The van der Waals surface area contributed by atoms with Gasteiger partial charge in [-0.3, -0.25) is 4.79 Å². The van der Waals surface area contributed by atoms with Crippen molar-refractivity contribution in [3.63, 3.8) is 0 Å². The average molecular weight is 405 g/mol. The molecule has 1 N–H and O–H groups in total. The van der Waals surface area contributed by atoms with Crippen LogP contribution in [0.1, 0.15) is 47.7 Å². The zero-order chi connectivity index (χ0) is 19.8. The number of fused-ring (bicyclic) bond motifs is 1. The van der Waals surface area contributed by atoms with Gasteiger partial charge in [0.2, 0.25) is 5.91 Å². The lowest BCUT2D eigenvalue weighted by Crippen LogP contribution is -2.27. The van der Waals surface area contributed by atoms with Crippen LogP contribution in [0, 0.1) is 6.92 Å². The van der Waals surface area contributed by atoms with Crippen molar-refractivity contribution >= 4 is 28.5 Å². The number of carbonyl (C=O) groups is 1. The third kappa shape index (κ3) is 3.71. The first kappa shape index (κ1) is 18.8. The van der Waals surface area contributed by atoms with E-state index in [1.54, 1.807) is 13.0 Å². The highest BCUT2D eigenvalue weighted by atomic mass is 35.5.